The van der Waals surface area contributed by atoms with Gasteiger partial charge in [-0.25, -0.2) is 4.39 Å². The van der Waals surface area contributed by atoms with Crippen LogP contribution in [0.5, 0.6) is 11.5 Å². The van der Waals surface area contributed by atoms with Crippen molar-refractivity contribution in [1.29, 1.82) is 0 Å². The number of benzene rings is 2. The average molecular weight is 408 g/mol. The number of aliphatic hydroxyl groups is 1. The van der Waals surface area contributed by atoms with Crippen molar-refractivity contribution in [3.63, 3.8) is 0 Å². The molecule has 0 amide bonds. The zero-order valence-corrected chi connectivity index (χ0v) is 17.1. The summed E-state index contributed by atoms with van der Waals surface area (Å²) in [5, 5.41) is 10.7. The highest BCUT2D eigenvalue weighted by molar-refractivity contribution is 6.33. The maximum Gasteiger partial charge on any atom is 0.179 e. The van der Waals surface area contributed by atoms with Gasteiger partial charge in [0.05, 0.1) is 25.8 Å². The number of methoxy groups -OCH3 is 2. The van der Waals surface area contributed by atoms with Gasteiger partial charge >= 0.3 is 0 Å². The van der Waals surface area contributed by atoms with Crippen LogP contribution in [0.1, 0.15) is 24.0 Å². The van der Waals surface area contributed by atoms with Gasteiger partial charge in [0, 0.05) is 18.5 Å². The molecule has 0 aliphatic carbocycles. The molecular formula is C22H27ClFNO3. The van der Waals surface area contributed by atoms with Crippen molar-refractivity contribution in [2.75, 3.05) is 33.9 Å². The van der Waals surface area contributed by atoms with E-state index in [4.69, 9.17) is 21.1 Å². The van der Waals surface area contributed by atoms with Gasteiger partial charge in [-0.2, -0.15) is 0 Å². The van der Waals surface area contributed by atoms with E-state index in [0.29, 0.717) is 41.6 Å². The quantitative estimate of drug-likeness (QED) is 0.742. The van der Waals surface area contributed by atoms with E-state index in [-0.39, 0.29) is 17.8 Å². The molecule has 0 saturated carbocycles. The largest absolute Gasteiger partial charge is 0.493 e. The first-order chi connectivity index (χ1) is 13.5. The minimum Gasteiger partial charge on any atom is -0.493 e. The lowest BCUT2D eigenvalue weighted by molar-refractivity contribution is 0.0283. The van der Waals surface area contributed by atoms with Crippen molar-refractivity contribution in [2.24, 2.45) is 5.41 Å². The number of halogens is 2. The van der Waals surface area contributed by atoms with Crippen molar-refractivity contribution in [1.82, 2.24) is 4.90 Å². The van der Waals surface area contributed by atoms with Gasteiger partial charge in [-0.3, -0.25) is 4.90 Å². The lowest BCUT2D eigenvalue weighted by Crippen LogP contribution is -2.46. The minimum absolute atomic E-state index is 0.0253. The van der Waals surface area contributed by atoms with E-state index >= 15 is 0 Å². The van der Waals surface area contributed by atoms with Crippen molar-refractivity contribution in [3.05, 3.63) is 58.4 Å². The number of hydrogen-bond donors (Lipinski definition) is 1. The van der Waals surface area contributed by atoms with E-state index in [1.807, 2.05) is 18.2 Å². The Bertz CT molecular complexity index is 816. The number of hydrogen-bond acceptors (Lipinski definition) is 4. The Morgan fingerprint density at radius 1 is 1.14 bits per heavy atom. The fraction of sp³-hybridized carbons (Fsp3) is 0.455. The molecule has 2 aromatic rings. The Balaban J connectivity index is 1.78. The van der Waals surface area contributed by atoms with E-state index in [1.54, 1.807) is 26.4 Å². The van der Waals surface area contributed by atoms with E-state index in [0.717, 1.165) is 24.9 Å². The van der Waals surface area contributed by atoms with Crippen LogP contribution in [0, 0.1) is 11.2 Å². The predicted molar refractivity (Wildman–Crippen MR) is 109 cm³/mol. The van der Waals surface area contributed by atoms with E-state index in [1.165, 1.54) is 6.07 Å². The Labute approximate surface area is 170 Å². The van der Waals surface area contributed by atoms with Crippen molar-refractivity contribution in [2.45, 2.75) is 25.8 Å². The molecule has 1 saturated heterocycles. The molecule has 152 valence electrons. The summed E-state index contributed by atoms with van der Waals surface area (Å²) in [6.45, 7) is 2.25. The summed E-state index contributed by atoms with van der Waals surface area (Å²) in [6, 6.07) is 10.6. The summed E-state index contributed by atoms with van der Waals surface area (Å²) in [5.41, 5.74) is 1.24. The standard InChI is InChI=1S/C22H27ClFNO3/c1-27-19-9-8-17(20(23)21(19)28-2)13-25-11-5-10-22(14-25,15-26)12-16-6-3-4-7-18(16)24/h3-4,6-9,26H,5,10-15H2,1-2H3/t22-/m1/s1. The summed E-state index contributed by atoms with van der Waals surface area (Å²) in [7, 11) is 3.15. The lowest BCUT2D eigenvalue weighted by Gasteiger charge is -2.42. The van der Waals surface area contributed by atoms with Crippen LogP contribution in [0.15, 0.2) is 36.4 Å². The second-order valence-electron chi connectivity index (χ2n) is 7.51. The summed E-state index contributed by atoms with van der Waals surface area (Å²) >= 11 is 6.54. The molecule has 1 atom stereocenters. The molecular weight excluding hydrogens is 381 g/mol. The van der Waals surface area contributed by atoms with Crippen LogP contribution in [0.2, 0.25) is 5.02 Å². The highest BCUT2D eigenvalue weighted by Crippen LogP contribution is 2.39. The number of piperidine rings is 1. The predicted octanol–water partition coefficient (Wildman–Crippen LogP) is 4.31. The molecule has 1 N–H and O–H groups in total. The number of ether oxygens (including phenoxy) is 2. The van der Waals surface area contributed by atoms with Crippen molar-refractivity contribution < 1.29 is 19.0 Å². The van der Waals surface area contributed by atoms with E-state index in [2.05, 4.69) is 4.90 Å². The maximum absolute atomic E-state index is 14.2. The topological polar surface area (TPSA) is 41.9 Å². The van der Waals surface area contributed by atoms with Gasteiger partial charge in [-0.15, -0.1) is 0 Å². The fourth-order valence-electron chi connectivity index (χ4n) is 4.11. The van der Waals surface area contributed by atoms with Gasteiger partial charge in [0.1, 0.15) is 5.82 Å². The maximum atomic E-state index is 14.2. The Hall–Kier alpha value is -1.82. The molecule has 1 fully saturated rings. The van der Waals surface area contributed by atoms with E-state index in [9.17, 15) is 9.50 Å². The molecule has 3 rings (SSSR count). The second kappa shape index (κ2) is 9.12. The van der Waals surface area contributed by atoms with Crippen LogP contribution in [0.25, 0.3) is 0 Å². The molecule has 0 unspecified atom stereocenters. The normalized spacial score (nSPS) is 20.2. The Morgan fingerprint density at radius 2 is 1.93 bits per heavy atom. The van der Waals surface area contributed by atoms with Gasteiger partial charge in [0.25, 0.3) is 0 Å². The number of nitrogens with zero attached hydrogens (tertiary/aromatic N) is 1. The number of aliphatic hydroxyl groups excluding tert-OH is 1. The number of likely N-dealkylation sites (tertiary alicyclic amines) is 1. The van der Waals surface area contributed by atoms with Crippen molar-refractivity contribution in [3.8, 4) is 11.5 Å². The van der Waals surface area contributed by atoms with Crippen LogP contribution in [0.3, 0.4) is 0 Å². The molecule has 0 aromatic heterocycles. The summed E-state index contributed by atoms with van der Waals surface area (Å²) < 4.78 is 24.9. The molecule has 1 aliphatic heterocycles. The lowest BCUT2D eigenvalue weighted by atomic mass is 9.75. The number of rotatable bonds is 7. The van der Waals surface area contributed by atoms with Crippen LogP contribution >= 0.6 is 11.6 Å². The molecule has 1 heterocycles. The van der Waals surface area contributed by atoms with Crippen LogP contribution in [-0.2, 0) is 13.0 Å². The Kier molecular flexibility index (Phi) is 6.81. The highest BCUT2D eigenvalue weighted by atomic mass is 35.5. The Morgan fingerprint density at radius 3 is 2.61 bits per heavy atom. The van der Waals surface area contributed by atoms with Gasteiger partial charge in [-0.05, 0) is 49.1 Å². The highest BCUT2D eigenvalue weighted by Gasteiger charge is 2.36. The third kappa shape index (κ3) is 4.43. The zero-order valence-electron chi connectivity index (χ0n) is 16.4. The van der Waals surface area contributed by atoms with Gasteiger partial charge in [-0.1, -0.05) is 35.9 Å². The summed E-state index contributed by atoms with van der Waals surface area (Å²) in [5.74, 6) is 0.910. The van der Waals surface area contributed by atoms with Gasteiger partial charge in [0.2, 0.25) is 0 Å². The van der Waals surface area contributed by atoms with Gasteiger partial charge in [0.15, 0.2) is 11.5 Å². The second-order valence-corrected chi connectivity index (χ2v) is 7.89. The fourth-order valence-corrected chi connectivity index (χ4v) is 4.41. The van der Waals surface area contributed by atoms with Crippen molar-refractivity contribution >= 4 is 11.6 Å². The van der Waals surface area contributed by atoms with Gasteiger partial charge < -0.3 is 14.6 Å². The third-order valence-corrected chi connectivity index (χ3v) is 5.97. The smallest absolute Gasteiger partial charge is 0.179 e. The monoisotopic (exact) mass is 407 g/mol. The molecule has 0 radical (unpaired) electrons. The molecule has 0 bridgehead atoms. The molecule has 0 spiro atoms. The van der Waals surface area contributed by atoms with E-state index < -0.39 is 0 Å². The molecule has 2 aromatic carbocycles. The molecule has 1 aliphatic rings. The SMILES string of the molecule is COc1ccc(CN2CCC[C@@](CO)(Cc3ccccc3F)C2)c(Cl)c1OC. The van der Waals surface area contributed by atoms with Crippen LogP contribution < -0.4 is 9.47 Å². The minimum atomic E-state index is -0.358. The zero-order chi connectivity index (χ0) is 20.1. The van der Waals surface area contributed by atoms with Crippen LogP contribution in [-0.4, -0.2) is 43.9 Å². The van der Waals surface area contributed by atoms with Crippen LogP contribution in [0.4, 0.5) is 4.39 Å². The molecule has 6 heteroatoms. The third-order valence-electron chi connectivity index (χ3n) is 5.56. The average Bonchev–Trinajstić information content (AvgIpc) is 2.71. The summed E-state index contributed by atoms with van der Waals surface area (Å²) in [4.78, 5) is 2.27. The first kappa shape index (κ1) is 20.9. The summed E-state index contributed by atoms with van der Waals surface area (Å²) in [6.07, 6.45) is 2.33. The first-order valence-corrected chi connectivity index (χ1v) is 9.85. The first-order valence-electron chi connectivity index (χ1n) is 9.48. The molecule has 28 heavy (non-hydrogen) atoms. The molecule has 4 nitrogen and oxygen atoms in total.